The van der Waals surface area contributed by atoms with E-state index in [0.29, 0.717) is 34.8 Å². The smallest absolute Gasteiger partial charge is 0.343 e. The quantitative estimate of drug-likeness (QED) is 0.248. The van der Waals surface area contributed by atoms with Crippen molar-refractivity contribution >= 4 is 17.8 Å². The Morgan fingerprint density at radius 1 is 0.971 bits per heavy atom. The number of benzene rings is 3. The first-order valence-corrected chi connectivity index (χ1v) is 11.3. The lowest BCUT2D eigenvalue weighted by Gasteiger charge is -2.19. The normalized spacial score (nSPS) is 14.0. The monoisotopic (exact) mass is 456 g/mol. The third-order valence-electron chi connectivity index (χ3n) is 5.71. The summed E-state index contributed by atoms with van der Waals surface area (Å²) >= 11 is 0. The van der Waals surface area contributed by atoms with Crippen LogP contribution in [0.3, 0.4) is 0 Å². The topological polar surface area (TPSA) is 61.8 Å². The van der Waals surface area contributed by atoms with Gasteiger partial charge in [0, 0.05) is 5.56 Å². The summed E-state index contributed by atoms with van der Waals surface area (Å²) in [6.45, 7) is 10.6. The fraction of sp³-hybridized carbons (Fsp3) is 0.241. The van der Waals surface area contributed by atoms with E-state index < -0.39 is 5.97 Å². The molecule has 3 aromatic carbocycles. The molecular weight excluding hydrogens is 428 g/mol. The van der Waals surface area contributed by atoms with Crippen LogP contribution in [0, 0.1) is 6.92 Å². The Morgan fingerprint density at radius 3 is 2.26 bits per heavy atom. The number of esters is 1. The number of fused-ring (bicyclic) bond motifs is 1. The number of allylic oxidation sites excluding steroid dienone is 1. The highest BCUT2D eigenvalue weighted by molar-refractivity contribution is 6.15. The van der Waals surface area contributed by atoms with E-state index >= 15 is 0 Å². The Hall–Kier alpha value is -3.86. The molecule has 0 saturated heterocycles. The van der Waals surface area contributed by atoms with Crippen LogP contribution in [0.4, 0.5) is 0 Å². The van der Waals surface area contributed by atoms with Gasteiger partial charge in [-0.1, -0.05) is 45.0 Å². The van der Waals surface area contributed by atoms with E-state index in [1.807, 2.05) is 43.3 Å². The highest BCUT2D eigenvalue weighted by Crippen LogP contribution is 2.39. The first-order chi connectivity index (χ1) is 16.2. The Balaban J connectivity index is 1.53. The second-order valence-corrected chi connectivity index (χ2v) is 9.22. The molecule has 0 atom stereocenters. The molecule has 1 aliphatic rings. The van der Waals surface area contributed by atoms with Gasteiger partial charge < -0.3 is 14.2 Å². The average molecular weight is 457 g/mol. The minimum absolute atomic E-state index is 0.000563. The average Bonchev–Trinajstić information content (AvgIpc) is 3.12. The predicted molar refractivity (Wildman–Crippen MR) is 132 cm³/mol. The molecular formula is C29H28O5. The fourth-order valence-corrected chi connectivity index (χ4v) is 3.72. The first-order valence-electron chi connectivity index (χ1n) is 11.3. The summed E-state index contributed by atoms with van der Waals surface area (Å²) < 4.78 is 17.0. The van der Waals surface area contributed by atoms with Gasteiger partial charge in [-0.3, -0.25) is 4.79 Å². The molecule has 0 radical (unpaired) electrons. The summed E-state index contributed by atoms with van der Waals surface area (Å²) in [5.74, 6) is 1.10. The van der Waals surface area contributed by atoms with Gasteiger partial charge in [-0.15, -0.1) is 0 Å². The van der Waals surface area contributed by atoms with Crippen molar-refractivity contribution in [1.82, 2.24) is 0 Å². The van der Waals surface area contributed by atoms with E-state index in [4.69, 9.17) is 14.2 Å². The van der Waals surface area contributed by atoms with E-state index in [0.717, 1.165) is 16.9 Å². The SMILES string of the molecule is CCOc1ccc(/C=C2\Oc3c(ccc(OC(=O)c4ccc(C(C)(C)C)cc4)c3C)C2=O)cc1. The van der Waals surface area contributed by atoms with Gasteiger partial charge in [-0.2, -0.15) is 0 Å². The Kier molecular flexibility index (Phi) is 6.29. The Bertz CT molecular complexity index is 1260. The molecule has 0 fully saturated rings. The zero-order valence-electron chi connectivity index (χ0n) is 20.1. The molecule has 0 aliphatic carbocycles. The van der Waals surface area contributed by atoms with Gasteiger partial charge in [0.05, 0.1) is 17.7 Å². The maximum atomic E-state index is 12.9. The maximum absolute atomic E-state index is 12.9. The summed E-state index contributed by atoms with van der Waals surface area (Å²) in [5.41, 5.74) is 3.46. The zero-order valence-corrected chi connectivity index (χ0v) is 20.1. The molecule has 5 nitrogen and oxygen atoms in total. The lowest BCUT2D eigenvalue weighted by molar-refractivity contribution is 0.0733. The number of rotatable bonds is 5. The molecule has 34 heavy (non-hydrogen) atoms. The standard InChI is InChI=1S/C29H28O5/c1-6-32-22-13-7-19(8-14-22)17-25-26(30)23-15-16-24(18(2)27(23)33-25)34-28(31)20-9-11-21(12-10-20)29(3,4)5/h7-17H,6H2,1-5H3/b25-17-. The van der Waals surface area contributed by atoms with Crippen LogP contribution >= 0.6 is 0 Å². The number of carbonyl (C=O) groups is 2. The van der Waals surface area contributed by atoms with E-state index in [1.54, 1.807) is 37.3 Å². The van der Waals surface area contributed by atoms with Gasteiger partial charge in [0.15, 0.2) is 5.76 Å². The van der Waals surface area contributed by atoms with E-state index in [1.165, 1.54) is 0 Å². The molecule has 4 rings (SSSR count). The molecule has 0 bridgehead atoms. The van der Waals surface area contributed by atoms with Crippen LogP contribution in [0.1, 0.15) is 65.1 Å². The second kappa shape index (κ2) is 9.18. The van der Waals surface area contributed by atoms with E-state index in [9.17, 15) is 9.59 Å². The largest absolute Gasteiger partial charge is 0.494 e. The lowest BCUT2D eigenvalue weighted by Crippen LogP contribution is -2.13. The summed E-state index contributed by atoms with van der Waals surface area (Å²) in [6.07, 6.45) is 1.69. The van der Waals surface area contributed by atoms with Crippen LogP contribution in [0.15, 0.2) is 66.4 Å². The summed E-state index contributed by atoms with van der Waals surface area (Å²) in [7, 11) is 0. The molecule has 174 valence electrons. The van der Waals surface area contributed by atoms with Crippen LogP contribution < -0.4 is 14.2 Å². The molecule has 0 saturated carbocycles. The molecule has 0 N–H and O–H groups in total. The summed E-state index contributed by atoms with van der Waals surface area (Å²) in [4.78, 5) is 25.6. The van der Waals surface area contributed by atoms with Crippen molar-refractivity contribution in [1.29, 1.82) is 0 Å². The van der Waals surface area contributed by atoms with Crippen LogP contribution in [0.5, 0.6) is 17.2 Å². The number of carbonyl (C=O) groups excluding carboxylic acids is 2. The molecule has 0 aromatic heterocycles. The number of hydrogen-bond acceptors (Lipinski definition) is 5. The van der Waals surface area contributed by atoms with Gasteiger partial charge >= 0.3 is 5.97 Å². The third kappa shape index (κ3) is 4.74. The predicted octanol–water partition coefficient (Wildman–Crippen LogP) is 6.53. The Labute approximate surface area is 200 Å². The highest BCUT2D eigenvalue weighted by Gasteiger charge is 2.30. The van der Waals surface area contributed by atoms with E-state index in [-0.39, 0.29) is 17.0 Å². The van der Waals surface area contributed by atoms with Crippen LogP contribution in [0.25, 0.3) is 6.08 Å². The molecule has 0 spiro atoms. The molecule has 1 aliphatic heterocycles. The van der Waals surface area contributed by atoms with Gasteiger partial charge in [0.25, 0.3) is 0 Å². The fourth-order valence-electron chi connectivity index (χ4n) is 3.72. The lowest BCUT2D eigenvalue weighted by atomic mass is 9.87. The number of ether oxygens (including phenoxy) is 3. The van der Waals surface area contributed by atoms with Crippen molar-refractivity contribution in [2.75, 3.05) is 6.61 Å². The number of hydrogen-bond donors (Lipinski definition) is 0. The highest BCUT2D eigenvalue weighted by atomic mass is 16.5. The van der Waals surface area contributed by atoms with Crippen LogP contribution in [0.2, 0.25) is 0 Å². The molecule has 1 heterocycles. The minimum Gasteiger partial charge on any atom is -0.494 e. The van der Waals surface area contributed by atoms with Crippen molar-refractivity contribution in [3.05, 3.63) is 94.2 Å². The second-order valence-electron chi connectivity index (χ2n) is 9.22. The van der Waals surface area contributed by atoms with Crippen molar-refractivity contribution < 1.29 is 23.8 Å². The van der Waals surface area contributed by atoms with Crippen LogP contribution in [-0.4, -0.2) is 18.4 Å². The molecule has 5 heteroatoms. The van der Waals surface area contributed by atoms with Gasteiger partial charge in [0.2, 0.25) is 5.78 Å². The summed E-state index contributed by atoms with van der Waals surface area (Å²) in [5, 5.41) is 0. The minimum atomic E-state index is -0.460. The Morgan fingerprint density at radius 2 is 1.65 bits per heavy atom. The number of ketones is 1. The molecule has 0 amide bonds. The third-order valence-corrected chi connectivity index (χ3v) is 5.71. The molecule has 0 unspecified atom stereocenters. The van der Waals surface area contributed by atoms with Crippen molar-refractivity contribution in [2.24, 2.45) is 0 Å². The first kappa shape index (κ1) is 23.3. The van der Waals surface area contributed by atoms with E-state index in [2.05, 4.69) is 20.8 Å². The van der Waals surface area contributed by atoms with Crippen molar-refractivity contribution in [2.45, 2.75) is 40.0 Å². The van der Waals surface area contributed by atoms with Crippen LogP contribution in [-0.2, 0) is 5.41 Å². The summed E-state index contributed by atoms with van der Waals surface area (Å²) in [6, 6.07) is 18.1. The zero-order chi connectivity index (χ0) is 24.5. The van der Waals surface area contributed by atoms with Gasteiger partial charge in [-0.25, -0.2) is 4.79 Å². The molecule has 3 aromatic rings. The van der Waals surface area contributed by atoms with Crippen molar-refractivity contribution in [3.8, 4) is 17.2 Å². The van der Waals surface area contributed by atoms with Gasteiger partial charge in [-0.05, 0) is 72.9 Å². The number of Topliss-reactive ketones (excluding diaryl/α,β-unsaturated/α-hetero) is 1. The van der Waals surface area contributed by atoms with Gasteiger partial charge in [0.1, 0.15) is 17.2 Å². The maximum Gasteiger partial charge on any atom is 0.343 e. The van der Waals surface area contributed by atoms with Crippen molar-refractivity contribution in [3.63, 3.8) is 0 Å².